The van der Waals surface area contributed by atoms with Crippen LogP contribution in [0.1, 0.15) is 44.0 Å². The van der Waals surface area contributed by atoms with Gasteiger partial charge in [-0.25, -0.2) is 0 Å². The maximum Gasteiger partial charge on any atom is 0.251 e. The second kappa shape index (κ2) is 9.54. The van der Waals surface area contributed by atoms with Crippen molar-refractivity contribution in [3.63, 3.8) is 0 Å². The van der Waals surface area contributed by atoms with Gasteiger partial charge in [0.2, 0.25) is 0 Å². The molecule has 3 N–H and O–H groups in total. The van der Waals surface area contributed by atoms with Crippen LogP contribution < -0.4 is 20.5 Å². The molecule has 0 aliphatic carbocycles. The molecule has 0 bridgehead atoms. The van der Waals surface area contributed by atoms with Crippen LogP contribution in [-0.2, 0) is 0 Å². The topological polar surface area (TPSA) is 73.6 Å². The van der Waals surface area contributed by atoms with Crippen LogP contribution in [0.3, 0.4) is 0 Å². The first-order valence-electron chi connectivity index (χ1n) is 7.25. The van der Waals surface area contributed by atoms with Gasteiger partial charge in [-0.2, -0.15) is 0 Å². The van der Waals surface area contributed by atoms with Crippen molar-refractivity contribution in [3.8, 4) is 11.5 Å². The summed E-state index contributed by atoms with van der Waals surface area (Å²) in [6.07, 6.45) is 2.05. The molecule has 0 fully saturated rings. The molecular formula is C16H27ClN2O3. The van der Waals surface area contributed by atoms with Gasteiger partial charge < -0.3 is 20.5 Å². The molecule has 0 aliphatic rings. The maximum absolute atomic E-state index is 12.1. The number of nitrogens with one attached hydrogen (secondary N) is 1. The summed E-state index contributed by atoms with van der Waals surface area (Å²) in [5.41, 5.74) is 5.94. The number of hydrogen-bond acceptors (Lipinski definition) is 4. The fourth-order valence-electron chi connectivity index (χ4n) is 1.66. The first kappa shape index (κ1) is 20.5. The summed E-state index contributed by atoms with van der Waals surface area (Å²) in [5, 5.41) is 2.80. The number of hydrogen-bond donors (Lipinski definition) is 2. The molecule has 126 valence electrons. The minimum atomic E-state index is -0.442. The Balaban J connectivity index is 0.00000441. The molecule has 1 rings (SSSR count). The first-order valence-corrected chi connectivity index (χ1v) is 7.25. The number of unbranched alkanes of at least 4 members (excludes halogenated alkanes) is 1. The molecule has 0 atom stereocenters. The average Bonchev–Trinajstić information content (AvgIpc) is 2.44. The van der Waals surface area contributed by atoms with Crippen LogP contribution in [-0.4, -0.2) is 31.7 Å². The highest BCUT2D eigenvalue weighted by molar-refractivity contribution is 5.94. The van der Waals surface area contributed by atoms with Crippen LogP contribution in [0.25, 0.3) is 0 Å². The maximum atomic E-state index is 12.1. The van der Waals surface area contributed by atoms with Crippen molar-refractivity contribution in [1.82, 2.24) is 5.32 Å². The quantitative estimate of drug-likeness (QED) is 0.719. The minimum absolute atomic E-state index is 0. The molecule has 0 aliphatic heterocycles. The van der Waals surface area contributed by atoms with E-state index in [9.17, 15) is 4.79 Å². The predicted molar refractivity (Wildman–Crippen MR) is 91.2 cm³/mol. The third kappa shape index (κ3) is 7.00. The molecule has 1 amide bonds. The molecule has 1 aromatic carbocycles. The van der Waals surface area contributed by atoms with E-state index in [1.165, 1.54) is 0 Å². The molecular weight excluding hydrogens is 304 g/mol. The molecule has 22 heavy (non-hydrogen) atoms. The van der Waals surface area contributed by atoms with Gasteiger partial charge in [-0.3, -0.25) is 4.79 Å². The van der Waals surface area contributed by atoms with Gasteiger partial charge in [0, 0.05) is 17.6 Å². The van der Waals surface area contributed by atoms with E-state index >= 15 is 0 Å². The Morgan fingerprint density at radius 2 is 2.00 bits per heavy atom. The molecule has 0 saturated carbocycles. The van der Waals surface area contributed by atoms with Gasteiger partial charge in [-0.1, -0.05) is 13.3 Å². The van der Waals surface area contributed by atoms with Gasteiger partial charge in [0.25, 0.3) is 5.91 Å². The Hall–Kier alpha value is -1.46. The second-order valence-electron chi connectivity index (χ2n) is 5.74. The number of carbonyl (C=O) groups excluding carboxylic acids is 1. The lowest BCUT2D eigenvalue weighted by atomic mass is 10.1. The lowest BCUT2D eigenvalue weighted by Crippen LogP contribution is -2.45. The zero-order valence-electron chi connectivity index (χ0n) is 13.8. The van der Waals surface area contributed by atoms with Crippen molar-refractivity contribution in [1.29, 1.82) is 0 Å². The van der Waals surface area contributed by atoms with Gasteiger partial charge >= 0.3 is 0 Å². The summed E-state index contributed by atoms with van der Waals surface area (Å²) in [4.78, 5) is 12.1. The number of carbonyl (C=O) groups is 1. The largest absolute Gasteiger partial charge is 0.493 e. The predicted octanol–water partition coefficient (Wildman–Crippen LogP) is 2.76. The normalized spacial score (nSPS) is 10.6. The molecule has 6 heteroatoms. The number of nitrogens with two attached hydrogens (primary N) is 1. The highest BCUT2D eigenvalue weighted by Crippen LogP contribution is 2.28. The number of rotatable bonds is 8. The van der Waals surface area contributed by atoms with Crippen LogP contribution in [0.4, 0.5) is 0 Å². The van der Waals surface area contributed by atoms with Crippen LogP contribution in [0.2, 0.25) is 0 Å². The van der Waals surface area contributed by atoms with E-state index in [0.29, 0.717) is 30.2 Å². The van der Waals surface area contributed by atoms with E-state index in [-0.39, 0.29) is 18.3 Å². The number of halogens is 1. The van der Waals surface area contributed by atoms with Crippen molar-refractivity contribution < 1.29 is 14.3 Å². The van der Waals surface area contributed by atoms with Gasteiger partial charge in [0.1, 0.15) is 0 Å². The van der Waals surface area contributed by atoms with Crippen LogP contribution >= 0.6 is 12.4 Å². The molecule has 0 spiro atoms. The Labute approximate surface area is 139 Å². The average molecular weight is 331 g/mol. The summed E-state index contributed by atoms with van der Waals surface area (Å²) >= 11 is 0. The lowest BCUT2D eigenvalue weighted by molar-refractivity contribution is 0.0945. The fraction of sp³-hybridized carbons (Fsp3) is 0.562. The highest BCUT2D eigenvalue weighted by Gasteiger charge is 2.15. The minimum Gasteiger partial charge on any atom is -0.493 e. The molecule has 0 unspecified atom stereocenters. The van der Waals surface area contributed by atoms with Crippen LogP contribution in [0.5, 0.6) is 11.5 Å². The fourth-order valence-corrected chi connectivity index (χ4v) is 1.66. The van der Waals surface area contributed by atoms with E-state index < -0.39 is 5.54 Å². The number of methoxy groups -OCH3 is 1. The van der Waals surface area contributed by atoms with E-state index in [4.69, 9.17) is 15.2 Å². The Kier molecular flexibility index (Phi) is 8.90. The Morgan fingerprint density at radius 3 is 2.55 bits per heavy atom. The molecule has 0 aromatic heterocycles. The monoisotopic (exact) mass is 330 g/mol. The summed E-state index contributed by atoms with van der Waals surface area (Å²) < 4.78 is 10.9. The number of amides is 1. The van der Waals surface area contributed by atoms with E-state index in [2.05, 4.69) is 12.2 Å². The summed E-state index contributed by atoms with van der Waals surface area (Å²) in [6.45, 7) is 6.87. The lowest BCUT2D eigenvalue weighted by Gasteiger charge is -2.19. The standard InChI is InChI=1S/C16H26N2O3.ClH/c1-5-6-9-21-13-8-7-12(10-14(13)20-4)15(19)18-11-16(2,3)17;/h7-8,10H,5-6,9,11,17H2,1-4H3,(H,18,19);1H. The van der Waals surface area contributed by atoms with Crippen molar-refractivity contribution in [2.75, 3.05) is 20.3 Å². The van der Waals surface area contributed by atoms with Crippen molar-refractivity contribution >= 4 is 18.3 Å². The zero-order chi connectivity index (χ0) is 15.9. The Bertz CT molecular complexity index is 473. The van der Waals surface area contributed by atoms with Gasteiger partial charge in [0.15, 0.2) is 11.5 Å². The Morgan fingerprint density at radius 1 is 1.32 bits per heavy atom. The van der Waals surface area contributed by atoms with Gasteiger partial charge in [0.05, 0.1) is 13.7 Å². The molecule has 0 saturated heterocycles. The summed E-state index contributed by atoms with van der Waals surface area (Å²) in [7, 11) is 1.56. The van der Waals surface area contributed by atoms with Crippen LogP contribution in [0.15, 0.2) is 18.2 Å². The molecule has 0 heterocycles. The molecule has 1 aromatic rings. The third-order valence-corrected chi connectivity index (χ3v) is 2.89. The van der Waals surface area contributed by atoms with Gasteiger partial charge in [-0.05, 0) is 38.5 Å². The third-order valence-electron chi connectivity index (χ3n) is 2.89. The molecule has 5 nitrogen and oxygen atoms in total. The van der Waals surface area contributed by atoms with E-state index in [0.717, 1.165) is 12.8 Å². The highest BCUT2D eigenvalue weighted by atomic mass is 35.5. The van der Waals surface area contributed by atoms with E-state index in [1.807, 2.05) is 13.8 Å². The van der Waals surface area contributed by atoms with E-state index in [1.54, 1.807) is 25.3 Å². The summed E-state index contributed by atoms with van der Waals surface area (Å²) in [6, 6.07) is 5.17. The van der Waals surface area contributed by atoms with Crippen molar-refractivity contribution in [3.05, 3.63) is 23.8 Å². The zero-order valence-corrected chi connectivity index (χ0v) is 14.6. The first-order chi connectivity index (χ1) is 9.87. The van der Waals surface area contributed by atoms with Crippen molar-refractivity contribution in [2.24, 2.45) is 5.73 Å². The second-order valence-corrected chi connectivity index (χ2v) is 5.74. The van der Waals surface area contributed by atoms with Gasteiger partial charge in [-0.15, -0.1) is 12.4 Å². The smallest absolute Gasteiger partial charge is 0.251 e. The summed E-state index contributed by atoms with van der Waals surface area (Å²) in [5.74, 6) is 1.04. The SMILES string of the molecule is CCCCOc1ccc(C(=O)NCC(C)(C)N)cc1OC.Cl. The molecule has 0 radical (unpaired) electrons. The van der Waals surface area contributed by atoms with Crippen molar-refractivity contribution in [2.45, 2.75) is 39.2 Å². The number of ether oxygens (including phenoxy) is 2. The number of benzene rings is 1. The van der Waals surface area contributed by atoms with Crippen LogP contribution in [0, 0.1) is 0 Å².